The molecule has 0 aliphatic rings. The van der Waals surface area contributed by atoms with E-state index in [-0.39, 0.29) is 11.5 Å². The van der Waals surface area contributed by atoms with Crippen molar-refractivity contribution >= 4 is 39.8 Å². The predicted octanol–water partition coefficient (Wildman–Crippen LogP) is 2.55. The summed E-state index contributed by atoms with van der Waals surface area (Å²) in [4.78, 5) is 11.5. The first-order valence-corrected chi connectivity index (χ1v) is 6.27. The highest BCUT2D eigenvalue weighted by molar-refractivity contribution is 7.85. The lowest BCUT2D eigenvalue weighted by atomic mass is 10.1. The molecule has 0 N–H and O–H groups in total. The van der Waals surface area contributed by atoms with Crippen molar-refractivity contribution in [3.63, 3.8) is 0 Å². The van der Waals surface area contributed by atoms with E-state index in [0.717, 1.165) is 0 Å². The average Bonchev–Trinajstić information content (AvgIpc) is 2.01. The van der Waals surface area contributed by atoms with Crippen molar-refractivity contribution in [2.45, 2.75) is 0 Å². The van der Waals surface area contributed by atoms with Crippen molar-refractivity contribution in [2.24, 2.45) is 0 Å². The van der Waals surface area contributed by atoms with Gasteiger partial charge in [-0.25, -0.2) is 0 Å². The number of carbonyl (C=O) groups is 1. The van der Waals surface area contributed by atoms with Gasteiger partial charge < -0.3 is 0 Å². The van der Waals surface area contributed by atoms with Crippen LogP contribution < -0.4 is 0 Å². The van der Waals surface area contributed by atoms with Crippen molar-refractivity contribution in [3.05, 3.63) is 33.8 Å². The average molecular weight is 251 g/mol. The molecule has 1 atom stereocenters. The van der Waals surface area contributed by atoms with Crippen LogP contribution in [0.1, 0.15) is 10.4 Å². The summed E-state index contributed by atoms with van der Waals surface area (Å²) in [5.74, 6) is -0.242. The second-order valence-corrected chi connectivity index (χ2v) is 5.04. The Hall–Kier alpha value is -0.380. The number of carbonyl (C=O) groups excluding carboxylic acids is 1. The molecular formula is C9H8Cl2O2S. The Morgan fingerprint density at radius 3 is 2.57 bits per heavy atom. The standard InChI is InChI=1S/C9H8Cl2O2S/c1-14(13)5-9(12)7-3-2-6(10)4-8(7)11/h2-4H,5H2,1H3. The molecule has 0 aromatic heterocycles. The van der Waals surface area contributed by atoms with Gasteiger partial charge in [-0.3, -0.25) is 9.00 Å². The lowest BCUT2D eigenvalue weighted by Gasteiger charge is -2.01. The summed E-state index contributed by atoms with van der Waals surface area (Å²) in [6, 6.07) is 4.62. The van der Waals surface area contributed by atoms with Crippen LogP contribution in [-0.2, 0) is 10.8 Å². The van der Waals surface area contributed by atoms with E-state index in [1.165, 1.54) is 12.3 Å². The van der Waals surface area contributed by atoms with E-state index < -0.39 is 10.8 Å². The summed E-state index contributed by atoms with van der Waals surface area (Å²) < 4.78 is 10.8. The zero-order chi connectivity index (χ0) is 10.7. The van der Waals surface area contributed by atoms with Crippen molar-refractivity contribution in [3.8, 4) is 0 Å². The molecule has 1 aromatic carbocycles. The fourth-order valence-corrected chi connectivity index (χ4v) is 2.02. The van der Waals surface area contributed by atoms with E-state index in [2.05, 4.69) is 0 Å². The Morgan fingerprint density at radius 2 is 2.07 bits per heavy atom. The largest absolute Gasteiger partial charge is 0.293 e. The number of hydrogen-bond donors (Lipinski definition) is 0. The SMILES string of the molecule is CS(=O)CC(=O)c1ccc(Cl)cc1Cl. The molecule has 1 aromatic rings. The maximum atomic E-state index is 11.5. The minimum Gasteiger partial charge on any atom is -0.293 e. The Balaban J connectivity index is 2.96. The summed E-state index contributed by atoms with van der Waals surface area (Å²) in [5, 5.41) is 0.775. The highest BCUT2D eigenvalue weighted by Gasteiger charge is 2.11. The van der Waals surface area contributed by atoms with Crippen molar-refractivity contribution < 1.29 is 9.00 Å². The summed E-state index contributed by atoms with van der Waals surface area (Å²) in [6.07, 6.45) is 1.47. The van der Waals surface area contributed by atoms with Crippen LogP contribution in [0.4, 0.5) is 0 Å². The topological polar surface area (TPSA) is 34.1 Å². The molecule has 0 spiro atoms. The van der Waals surface area contributed by atoms with Crippen LogP contribution in [0.3, 0.4) is 0 Å². The molecule has 0 heterocycles. The number of benzene rings is 1. The molecule has 0 saturated heterocycles. The second kappa shape index (κ2) is 4.91. The third-order valence-electron chi connectivity index (χ3n) is 1.57. The molecule has 0 aliphatic carbocycles. The number of ketones is 1. The van der Waals surface area contributed by atoms with Crippen LogP contribution in [-0.4, -0.2) is 22.0 Å². The van der Waals surface area contributed by atoms with Gasteiger partial charge in [-0.1, -0.05) is 23.2 Å². The Labute approximate surface area is 94.7 Å². The molecule has 0 amide bonds. The summed E-state index contributed by atoms with van der Waals surface area (Å²) >= 11 is 11.5. The quantitative estimate of drug-likeness (QED) is 0.773. The van der Waals surface area contributed by atoms with E-state index in [4.69, 9.17) is 23.2 Å². The Kier molecular flexibility index (Phi) is 4.11. The first-order valence-electron chi connectivity index (χ1n) is 3.79. The van der Waals surface area contributed by atoms with Crippen LogP contribution in [0.15, 0.2) is 18.2 Å². The molecular weight excluding hydrogens is 243 g/mol. The molecule has 0 fully saturated rings. The lowest BCUT2D eigenvalue weighted by Crippen LogP contribution is -2.10. The number of halogens is 2. The summed E-state index contributed by atoms with van der Waals surface area (Å²) in [7, 11) is -1.15. The molecule has 2 nitrogen and oxygen atoms in total. The zero-order valence-corrected chi connectivity index (χ0v) is 9.75. The molecule has 1 rings (SSSR count). The van der Waals surface area contributed by atoms with E-state index >= 15 is 0 Å². The van der Waals surface area contributed by atoms with Gasteiger partial charge in [-0.05, 0) is 18.2 Å². The maximum absolute atomic E-state index is 11.5. The predicted molar refractivity (Wildman–Crippen MR) is 59.7 cm³/mol. The third-order valence-corrected chi connectivity index (χ3v) is 2.78. The van der Waals surface area contributed by atoms with Gasteiger partial charge in [0, 0.05) is 27.6 Å². The van der Waals surface area contributed by atoms with Gasteiger partial charge in [-0.15, -0.1) is 0 Å². The number of Topliss-reactive ketones (excluding diaryl/α,β-unsaturated/α-hetero) is 1. The number of rotatable bonds is 3. The fourth-order valence-electron chi connectivity index (χ4n) is 0.978. The molecule has 5 heteroatoms. The summed E-state index contributed by atoms with van der Waals surface area (Å²) in [6.45, 7) is 0. The normalized spacial score (nSPS) is 12.5. The van der Waals surface area contributed by atoms with Gasteiger partial charge in [-0.2, -0.15) is 0 Å². The van der Waals surface area contributed by atoms with Gasteiger partial charge >= 0.3 is 0 Å². The minimum absolute atomic E-state index is 0.0125. The first-order chi connectivity index (χ1) is 6.50. The monoisotopic (exact) mass is 250 g/mol. The van der Waals surface area contributed by atoms with Crippen LogP contribution >= 0.6 is 23.2 Å². The van der Waals surface area contributed by atoms with Gasteiger partial charge in [0.2, 0.25) is 0 Å². The molecule has 1 unspecified atom stereocenters. The molecule has 76 valence electrons. The number of hydrogen-bond acceptors (Lipinski definition) is 2. The summed E-state index contributed by atoms with van der Waals surface area (Å²) in [5.41, 5.74) is 0.367. The maximum Gasteiger partial charge on any atom is 0.176 e. The van der Waals surface area contributed by atoms with Crippen LogP contribution in [0.5, 0.6) is 0 Å². The minimum atomic E-state index is -1.15. The van der Waals surface area contributed by atoms with Crippen molar-refractivity contribution in [1.29, 1.82) is 0 Å². The second-order valence-electron chi connectivity index (χ2n) is 2.76. The molecule has 0 bridgehead atoms. The molecule has 0 saturated carbocycles. The smallest absolute Gasteiger partial charge is 0.176 e. The third kappa shape index (κ3) is 3.08. The van der Waals surface area contributed by atoms with E-state index in [1.54, 1.807) is 12.1 Å². The van der Waals surface area contributed by atoms with Crippen molar-refractivity contribution in [1.82, 2.24) is 0 Å². The first kappa shape index (κ1) is 11.7. The highest BCUT2D eigenvalue weighted by Crippen LogP contribution is 2.21. The Morgan fingerprint density at radius 1 is 1.43 bits per heavy atom. The highest BCUT2D eigenvalue weighted by atomic mass is 35.5. The van der Waals surface area contributed by atoms with Crippen LogP contribution in [0.2, 0.25) is 10.0 Å². The van der Waals surface area contributed by atoms with Crippen LogP contribution in [0.25, 0.3) is 0 Å². The molecule has 14 heavy (non-hydrogen) atoms. The van der Waals surface area contributed by atoms with E-state index in [1.807, 2.05) is 0 Å². The van der Waals surface area contributed by atoms with Crippen LogP contribution in [0, 0.1) is 0 Å². The van der Waals surface area contributed by atoms with Gasteiger partial charge in [0.25, 0.3) is 0 Å². The van der Waals surface area contributed by atoms with Gasteiger partial charge in [0.05, 0.1) is 10.8 Å². The molecule has 0 aliphatic heterocycles. The van der Waals surface area contributed by atoms with Crippen molar-refractivity contribution in [2.75, 3.05) is 12.0 Å². The van der Waals surface area contributed by atoms with Gasteiger partial charge in [0.15, 0.2) is 5.78 Å². The zero-order valence-electron chi connectivity index (χ0n) is 7.42. The fraction of sp³-hybridized carbons (Fsp3) is 0.222. The van der Waals surface area contributed by atoms with Gasteiger partial charge in [0.1, 0.15) is 0 Å². The Bertz CT molecular complexity index is 390. The van der Waals surface area contributed by atoms with E-state index in [0.29, 0.717) is 15.6 Å². The van der Waals surface area contributed by atoms with E-state index in [9.17, 15) is 9.00 Å². The lowest BCUT2D eigenvalue weighted by molar-refractivity contribution is 0.102. The molecule has 0 radical (unpaired) electrons.